The van der Waals surface area contributed by atoms with Crippen LogP contribution in [0.25, 0.3) is 0 Å². The highest BCUT2D eigenvalue weighted by atomic mass is 16.2. The first kappa shape index (κ1) is 12.2. The van der Waals surface area contributed by atoms with Crippen LogP contribution in [0.3, 0.4) is 0 Å². The second-order valence-electron chi connectivity index (χ2n) is 3.98. The quantitative estimate of drug-likeness (QED) is 0.828. The zero-order valence-corrected chi connectivity index (χ0v) is 10.5. The number of hydrogen-bond acceptors (Lipinski definition) is 3. The lowest BCUT2D eigenvalue weighted by Crippen LogP contribution is -2.27. The van der Waals surface area contributed by atoms with Gasteiger partial charge in [-0.3, -0.25) is 14.7 Å². The Hall–Kier alpha value is -2.23. The van der Waals surface area contributed by atoms with Crippen LogP contribution >= 0.6 is 0 Å². The molecule has 0 saturated carbocycles. The smallest absolute Gasteiger partial charge is 0.260 e. The first-order valence-electron chi connectivity index (χ1n) is 5.85. The lowest BCUT2D eigenvalue weighted by atomic mass is 10.2. The molecule has 0 aliphatic carbocycles. The Bertz CT molecular complexity index is 522. The third-order valence-corrected chi connectivity index (χ3v) is 2.77. The van der Waals surface area contributed by atoms with Crippen LogP contribution in [0.15, 0.2) is 42.9 Å². The van der Waals surface area contributed by atoms with Gasteiger partial charge in [0, 0.05) is 25.6 Å². The van der Waals surface area contributed by atoms with Crippen molar-refractivity contribution < 1.29 is 4.79 Å². The second-order valence-corrected chi connectivity index (χ2v) is 3.98. The topological polar surface area (TPSA) is 46.1 Å². The number of amides is 1. The van der Waals surface area contributed by atoms with Gasteiger partial charge in [0.15, 0.2) is 0 Å². The number of nitrogens with zero attached hydrogens (tertiary/aromatic N) is 3. The van der Waals surface area contributed by atoms with Crippen LogP contribution in [0.1, 0.15) is 22.8 Å². The highest BCUT2D eigenvalue weighted by Crippen LogP contribution is 2.13. The number of pyridine rings is 2. The number of hydrogen-bond donors (Lipinski definition) is 0. The predicted molar refractivity (Wildman–Crippen MR) is 70.6 cm³/mol. The maximum Gasteiger partial charge on any atom is 0.260 e. The van der Waals surface area contributed by atoms with Crippen molar-refractivity contribution in [2.24, 2.45) is 0 Å². The molecule has 2 heterocycles. The van der Waals surface area contributed by atoms with Gasteiger partial charge in [-0.2, -0.15) is 0 Å². The van der Waals surface area contributed by atoms with Crippen LogP contribution in [0.2, 0.25) is 0 Å². The number of carbonyl (C=O) groups excluding carboxylic acids is 1. The lowest BCUT2D eigenvalue weighted by molar-refractivity contribution is 0.0992. The molecule has 1 amide bonds. The van der Waals surface area contributed by atoms with Gasteiger partial charge in [0.2, 0.25) is 0 Å². The molecule has 0 aliphatic rings. The average molecular weight is 241 g/mol. The molecule has 0 fully saturated rings. The van der Waals surface area contributed by atoms with E-state index >= 15 is 0 Å². The van der Waals surface area contributed by atoms with Gasteiger partial charge in [-0.1, -0.05) is 13.0 Å². The van der Waals surface area contributed by atoms with Gasteiger partial charge in [-0.25, -0.2) is 4.98 Å². The fourth-order valence-electron chi connectivity index (χ4n) is 1.61. The summed E-state index contributed by atoms with van der Waals surface area (Å²) in [5, 5.41) is 0. The van der Waals surface area contributed by atoms with Crippen molar-refractivity contribution in [2.45, 2.75) is 13.3 Å². The molecule has 0 aromatic carbocycles. The van der Waals surface area contributed by atoms with E-state index in [1.807, 2.05) is 12.1 Å². The predicted octanol–water partition coefficient (Wildman–Crippen LogP) is 2.32. The van der Waals surface area contributed by atoms with Gasteiger partial charge < -0.3 is 0 Å². The molecule has 0 N–H and O–H groups in total. The minimum Gasteiger partial charge on any atom is -0.296 e. The molecule has 0 bridgehead atoms. The third kappa shape index (κ3) is 2.53. The molecule has 0 saturated heterocycles. The van der Waals surface area contributed by atoms with Crippen LogP contribution in [0.4, 0.5) is 5.82 Å². The normalized spacial score (nSPS) is 10.1. The lowest BCUT2D eigenvalue weighted by Gasteiger charge is -2.16. The Morgan fingerprint density at radius 2 is 2.11 bits per heavy atom. The van der Waals surface area contributed by atoms with E-state index in [0.29, 0.717) is 11.4 Å². The number of aromatic nitrogens is 2. The maximum absolute atomic E-state index is 12.1. The Morgan fingerprint density at radius 1 is 1.28 bits per heavy atom. The fraction of sp³-hybridized carbons (Fsp3) is 0.214. The molecule has 0 aliphatic heterocycles. The minimum absolute atomic E-state index is 0.111. The maximum atomic E-state index is 12.1. The SMILES string of the molecule is CCc1ccc(N(C)C(=O)c2cccnc2)nc1. The van der Waals surface area contributed by atoms with E-state index in [2.05, 4.69) is 16.9 Å². The summed E-state index contributed by atoms with van der Waals surface area (Å²) >= 11 is 0. The zero-order valence-electron chi connectivity index (χ0n) is 10.5. The molecule has 0 spiro atoms. The molecule has 4 heteroatoms. The standard InChI is InChI=1S/C14H15N3O/c1-3-11-6-7-13(16-9-11)17(2)14(18)12-5-4-8-15-10-12/h4-10H,3H2,1-2H3. The van der Waals surface area contributed by atoms with Crippen molar-refractivity contribution >= 4 is 11.7 Å². The van der Waals surface area contributed by atoms with Crippen LogP contribution in [0, 0.1) is 0 Å². The molecular formula is C14H15N3O. The number of aryl methyl sites for hydroxylation is 1. The highest BCUT2D eigenvalue weighted by Gasteiger charge is 2.14. The molecule has 4 nitrogen and oxygen atoms in total. The van der Waals surface area contributed by atoms with E-state index in [4.69, 9.17) is 0 Å². The molecule has 2 aromatic rings. The van der Waals surface area contributed by atoms with Gasteiger partial charge in [0.1, 0.15) is 5.82 Å². The summed E-state index contributed by atoms with van der Waals surface area (Å²) in [6.07, 6.45) is 5.93. The van der Waals surface area contributed by atoms with Crippen LogP contribution in [-0.4, -0.2) is 22.9 Å². The molecule has 0 unspecified atom stereocenters. The Balaban J connectivity index is 2.20. The van der Waals surface area contributed by atoms with Crippen molar-refractivity contribution in [2.75, 3.05) is 11.9 Å². The highest BCUT2D eigenvalue weighted by molar-refractivity contribution is 6.04. The Kier molecular flexibility index (Phi) is 3.67. The molecule has 0 radical (unpaired) electrons. The molecule has 18 heavy (non-hydrogen) atoms. The monoisotopic (exact) mass is 241 g/mol. The van der Waals surface area contributed by atoms with E-state index in [9.17, 15) is 4.79 Å². The largest absolute Gasteiger partial charge is 0.296 e. The summed E-state index contributed by atoms with van der Waals surface area (Å²) in [5.74, 6) is 0.529. The summed E-state index contributed by atoms with van der Waals surface area (Å²) in [6, 6.07) is 7.32. The van der Waals surface area contributed by atoms with Crippen molar-refractivity contribution in [3.05, 3.63) is 54.0 Å². The summed E-state index contributed by atoms with van der Waals surface area (Å²) in [7, 11) is 1.71. The van der Waals surface area contributed by atoms with Gasteiger partial charge in [0.05, 0.1) is 5.56 Å². The summed E-state index contributed by atoms with van der Waals surface area (Å²) in [4.78, 5) is 21.9. The molecule has 92 valence electrons. The van der Waals surface area contributed by atoms with Gasteiger partial charge in [-0.05, 0) is 30.2 Å². The van der Waals surface area contributed by atoms with Crippen molar-refractivity contribution in [3.8, 4) is 0 Å². The minimum atomic E-state index is -0.111. The van der Waals surface area contributed by atoms with Crippen molar-refractivity contribution in [3.63, 3.8) is 0 Å². The molecule has 2 rings (SSSR count). The van der Waals surface area contributed by atoms with Crippen LogP contribution < -0.4 is 4.90 Å². The van der Waals surface area contributed by atoms with E-state index in [1.54, 1.807) is 37.8 Å². The van der Waals surface area contributed by atoms with Gasteiger partial charge in [0.25, 0.3) is 5.91 Å². The summed E-state index contributed by atoms with van der Waals surface area (Å²) in [6.45, 7) is 2.07. The van der Waals surface area contributed by atoms with Crippen molar-refractivity contribution in [1.29, 1.82) is 0 Å². The Labute approximate surface area is 106 Å². The van der Waals surface area contributed by atoms with E-state index in [0.717, 1.165) is 12.0 Å². The second kappa shape index (κ2) is 5.40. The fourth-order valence-corrected chi connectivity index (χ4v) is 1.61. The van der Waals surface area contributed by atoms with E-state index < -0.39 is 0 Å². The zero-order chi connectivity index (χ0) is 13.0. The number of carbonyl (C=O) groups is 1. The van der Waals surface area contributed by atoms with Gasteiger partial charge >= 0.3 is 0 Å². The third-order valence-electron chi connectivity index (χ3n) is 2.77. The Morgan fingerprint density at radius 3 is 2.67 bits per heavy atom. The van der Waals surface area contributed by atoms with E-state index in [-0.39, 0.29) is 5.91 Å². The van der Waals surface area contributed by atoms with E-state index in [1.165, 1.54) is 4.90 Å². The summed E-state index contributed by atoms with van der Waals surface area (Å²) in [5.41, 5.74) is 1.71. The van der Waals surface area contributed by atoms with Crippen molar-refractivity contribution in [1.82, 2.24) is 9.97 Å². The molecular weight excluding hydrogens is 226 g/mol. The first-order chi connectivity index (χ1) is 8.72. The average Bonchev–Trinajstić information content (AvgIpc) is 2.47. The molecule has 2 aromatic heterocycles. The summed E-state index contributed by atoms with van der Waals surface area (Å²) < 4.78 is 0. The number of rotatable bonds is 3. The molecule has 0 atom stereocenters. The first-order valence-corrected chi connectivity index (χ1v) is 5.85. The number of anilines is 1. The van der Waals surface area contributed by atoms with Crippen LogP contribution in [-0.2, 0) is 6.42 Å². The van der Waals surface area contributed by atoms with Gasteiger partial charge in [-0.15, -0.1) is 0 Å². The van der Waals surface area contributed by atoms with Crippen LogP contribution in [0.5, 0.6) is 0 Å².